The van der Waals surface area contributed by atoms with Gasteiger partial charge in [0.1, 0.15) is 5.75 Å². The Morgan fingerprint density at radius 1 is 0.972 bits per heavy atom. The zero-order valence-corrected chi connectivity index (χ0v) is 22.8. The minimum Gasteiger partial charge on any atom is -0.485 e. The second-order valence-corrected chi connectivity index (χ2v) is 9.10. The number of hydrogen-bond donors (Lipinski definition) is 0. The topological polar surface area (TPSA) is 86.1 Å². The van der Waals surface area contributed by atoms with E-state index in [-0.39, 0.29) is 36.9 Å². The summed E-state index contributed by atoms with van der Waals surface area (Å²) in [5.41, 5.74) is 2.12. The van der Waals surface area contributed by atoms with Crippen LogP contribution in [0.2, 0.25) is 10.0 Å². The molecular weight excluding hydrogens is 546 g/mol. The molecule has 1 aliphatic rings. The van der Waals surface area contributed by atoms with E-state index >= 15 is 0 Å². The summed E-state index contributed by atoms with van der Waals surface area (Å²) in [6.45, 7) is 4.38. The fraction of sp³-hybridized carbons (Fsp3) is 0.280. The molecule has 0 radical (unpaired) electrons. The van der Waals surface area contributed by atoms with Crippen LogP contribution in [0.1, 0.15) is 17.3 Å². The third kappa shape index (κ3) is 6.94. The molecule has 0 bridgehead atoms. The summed E-state index contributed by atoms with van der Waals surface area (Å²) in [7, 11) is 2.17. The minimum atomic E-state index is 0. The smallest absolute Gasteiger partial charge is 0.231 e. The molecule has 1 fully saturated rings. The van der Waals surface area contributed by atoms with E-state index in [2.05, 4.69) is 57.3 Å². The lowest BCUT2D eigenvalue weighted by Crippen LogP contribution is -2.44. The first-order chi connectivity index (χ1) is 16.0. The van der Waals surface area contributed by atoms with Crippen molar-refractivity contribution >= 4 is 64.5 Å². The first kappa shape index (κ1) is 30.0. The highest BCUT2D eigenvalue weighted by atomic mass is 35.5. The third-order valence-corrected chi connectivity index (χ3v) is 6.50. The maximum absolute atomic E-state index is 6.25. The van der Waals surface area contributed by atoms with Crippen molar-refractivity contribution in [3.63, 3.8) is 0 Å². The van der Waals surface area contributed by atoms with Gasteiger partial charge in [-0.25, -0.2) is 0 Å². The summed E-state index contributed by atoms with van der Waals surface area (Å²) in [4.78, 5) is 9.24. The number of ether oxygens (including phenoxy) is 1. The van der Waals surface area contributed by atoms with Crippen LogP contribution in [0, 0.1) is 0 Å². The van der Waals surface area contributed by atoms with E-state index in [1.165, 1.54) is 16.5 Å². The Labute approximate surface area is 232 Å². The van der Waals surface area contributed by atoms with Gasteiger partial charge in [-0.1, -0.05) is 52.6 Å². The second kappa shape index (κ2) is 13.3. The van der Waals surface area contributed by atoms with Crippen molar-refractivity contribution in [1.29, 1.82) is 0 Å². The molecule has 0 amide bonds. The van der Waals surface area contributed by atoms with Crippen LogP contribution in [0.3, 0.4) is 0 Å². The van der Waals surface area contributed by atoms with Gasteiger partial charge in [-0.15, -0.1) is 24.8 Å². The Hall–Kier alpha value is -2.26. The van der Waals surface area contributed by atoms with E-state index in [0.29, 0.717) is 28.2 Å². The van der Waals surface area contributed by atoms with Gasteiger partial charge in [-0.05, 0) is 48.3 Å². The highest BCUT2D eigenvalue weighted by Crippen LogP contribution is 2.31. The second-order valence-electron chi connectivity index (χ2n) is 8.26. The van der Waals surface area contributed by atoms with Crippen LogP contribution >= 0.6 is 48.0 Å². The maximum atomic E-state index is 6.25. The van der Waals surface area contributed by atoms with Crippen LogP contribution in [0.4, 0.5) is 5.69 Å². The fourth-order valence-corrected chi connectivity index (χ4v) is 4.52. The van der Waals surface area contributed by atoms with Crippen molar-refractivity contribution in [3.05, 3.63) is 81.9 Å². The molecule has 1 aliphatic heterocycles. The van der Waals surface area contributed by atoms with Gasteiger partial charge >= 0.3 is 0 Å². The van der Waals surface area contributed by atoms with Crippen molar-refractivity contribution in [2.24, 2.45) is 0 Å². The van der Waals surface area contributed by atoms with Crippen molar-refractivity contribution in [1.82, 2.24) is 15.0 Å². The van der Waals surface area contributed by atoms with Crippen LogP contribution in [-0.4, -0.2) is 53.7 Å². The number of fused-ring (bicyclic) bond motifs is 1. The molecule has 36 heavy (non-hydrogen) atoms. The first-order valence-corrected chi connectivity index (χ1v) is 11.7. The van der Waals surface area contributed by atoms with E-state index in [0.717, 1.165) is 37.5 Å². The van der Waals surface area contributed by atoms with E-state index in [4.69, 9.17) is 32.5 Å². The van der Waals surface area contributed by atoms with Gasteiger partial charge in [-0.2, -0.15) is 4.98 Å². The van der Waals surface area contributed by atoms with Gasteiger partial charge in [-0.3, -0.25) is 0 Å². The third-order valence-electron chi connectivity index (χ3n) is 5.91. The Balaban J connectivity index is 0.00000152. The van der Waals surface area contributed by atoms with Crippen LogP contribution in [0.25, 0.3) is 10.8 Å². The van der Waals surface area contributed by atoms with Gasteiger partial charge in [0.15, 0.2) is 6.61 Å². The van der Waals surface area contributed by atoms with Crippen LogP contribution in [0.15, 0.2) is 59.1 Å². The summed E-state index contributed by atoms with van der Waals surface area (Å²) in [6, 6.07) is 17.9. The molecule has 1 saturated heterocycles. The first-order valence-electron chi connectivity index (χ1n) is 10.9. The summed E-state index contributed by atoms with van der Waals surface area (Å²) < 4.78 is 11.4. The number of hydrogen-bond acceptors (Lipinski definition) is 6. The molecule has 2 N–H and O–H groups in total. The molecule has 194 valence electrons. The van der Waals surface area contributed by atoms with Gasteiger partial charge in [0.2, 0.25) is 11.7 Å². The lowest BCUT2D eigenvalue weighted by molar-refractivity contribution is 0.285. The Kier molecular flexibility index (Phi) is 11.1. The van der Waals surface area contributed by atoms with Gasteiger partial charge in [0.25, 0.3) is 0 Å². The van der Waals surface area contributed by atoms with Gasteiger partial charge < -0.3 is 24.5 Å². The van der Waals surface area contributed by atoms with Gasteiger partial charge in [0, 0.05) is 47.3 Å². The van der Waals surface area contributed by atoms with Crippen molar-refractivity contribution in [2.45, 2.75) is 13.0 Å². The number of aromatic nitrogens is 2. The molecule has 0 aliphatic carbocycles. The maximum Gasteiger partial charge on any atom is 0.231 e. The molecule has 0 saturated carbocycles. The molecule has 3 aromatic carbocycles. The molecule has 4 aromatic rings. The largest absolute Gasteiger partial charge is 0.485 e. The number of likely N-dealkylation sites (N-methyl/N-ethyl adjacent to an activating group) is 1. The Bertz CT molecular complexity index is 1280. The average Bonchev–Trinajstić information content (AvgIpc) is 3.27. The average molecular weight is 574 g/mol. The van der Waals surface area contributed by atoms with E-state index in [1.807, 2.05) is 12.1 Å². The summed E-state index contributed by atoms with van der Waals surface area (Å²) in [5, 5.41) is 7.59. The predicted molar refractivity (Wildman–Crippen MR) is 150 cm³/mol. The molecule has 5 rings (SSSR count). The number of nitrogens with zero attached hydrogens (tertiary/aromatic N) is 4. The van der Waals surface area contributed by atoms with E-state index in [9.17, 15) is 0 Å². The fourth-order valence-electron chi connectivity index (χ4n) is 4.04. The van der Waals surface area contributed by atoms with E-state index < -0.39 is 0 Å². The SMILES string of the molecule is CN1CCN(c2cccc3ccc(OCc4noc(Cc5ccc(Cl)cc5Cl)n4)cc23)CC1.Cl.Cl.O. The van der Waals surface area contributed by atoms with E-state index in [1.54, 1.807) is 12.1 Å². The number of benzene rings is 3. The highest BCUT2D eigenvalue weighted by Gasteiger charge is 2.17. The normalized spacial score (nSPS) is 13.5. The number of halogens is 4. The Morgan fingerprint density at radius 3 is 2.50 bits per heavy atom. The zero-order valence-electron chi connectivity index (χ0n) is 19.6. The molecule has 0 unspecified atom stereocenters. The number of anilines is 1. The molecule has 2 heterocycles. The Morgan fingerprint density at radius 2 is 1.75 bits per heavy atom. The standard InChI is InChI=1S/C25H24Cl2N4O2.2ClH.H2O/c1-30-9-11-31(12-10-30)23-4-2-3-17-6-8-20(15-21(17)23)32-16-24-28-25(33-29-24)13-18-5-7-19(26)14-22(18)27;;;/h2-8,14-15H,9-13,16H2,1H3;2*1H;1H2. The molecule has 0 atom stereocenters. The summed E-state index contributed by atoms with van der Waals surface area (Å²) in [6.07, 6.45) is 0.438. The zero-order chi connectivity index (χ0) is 22.8. The van der Waals surface area contributed by atoms with Crippen LogP contribution in [0.5, 0.6) is 5.75 Å². The highest BCUT2D eigenvalue weighted by molar-refractivity contribution is 6.35. The summed E-state index contributed by atoms with van der Waals surface area (Å²) >= 11 is 12.2. The predicted octanol–water partition coefficient (Wildman–Crippen LogP) is 5.47. The molecule has 0 spiro atoms. The minimum absolute atomic E-state index is 0. The number of rotatable bonds is 6. The van der Waals surface area contributed by atoms with Crippen LogP contribution in [-0.2, 0) is 13.0 Å². The molecule has 11 heteroatoms. The summed E-state index contributed by atoms with van der Waals surface area (Å²) in [5.74, 6) is 1.74. The lowest BCUT2D eigenvalue weighted by Gasteiger charge is -2.34. The molecular formula is C25H28Cl4N4O3. The monoisotopic (exact) mass is 572 g/mol. The molecule has 1 aromatic heterocycles. The van der Waals surface area contributed by atoms with Crippen molar-refractivity contribution in [2.75, 3.05) is 38.1 Å². The van der Waals surface area contributed by atoms with Crippen molar-refractivity contribution < 1.29 is 14.7 Å². The molecule has 7 nitrogen and oxygen atoms in total. The van der Waals surface area contributed by atoms with Crippen LogP contribution < -0.4 is 9.64 Å². The lowest BCUT2D eigenvalue weighted by atomic mass is 10.1. The number of piperazine rings is 1. The van der Waals surface area contributed by atoms with Gasteiger partial charge in [0.05, 0.1) is 6.42 Å². The van der Waals surface area contributed by atoms with Crippen molar-refractivity contribution in [3.8, 4) is 5.75 Å². The quantitative estimate of drug-likeness (QED) is 0.304.